The van der Waals surface area contributed by atoms with Crippen LogP contribution in [-0.4, -0.2) is 41.5 Å². The molecular formula is C28H28N2O6S. The average molecular weight is 521 g/mol. The van der Waals surface area contributed by atoms with Gasteiger partial charge >= 0.3 is 11.9 Å². The van der Waals surface area contributed by atoms with Crippen molar-refractivity contribution in [3.05, 3.63) is 81.4 Å². The highest BCUT2D eigenvalue weighted by Gasteiger charge is 2.48. The second kappa shape index (κ2) is 11.0. The molecule has 1 N–H and O–H groups in total. The van der Waals surface area contributed by atoms with Gasteiger partial charge in [0.25, 0.3) is 5.78 Å². The van der Waals surface area contributed by atoms with Gasteiger partial charge < -0.3 is 14.6 Å². The number of aliphatic hydroxyl groups excluding tert-OH is 1. The number of carbonyl (C=O) groups excluding carboxylic acids is 3. The molecule has 0 radical (unpaired) electrons. The highest BCUT2D eigenvalue weighted by molar-refractivity contribution is 7.17. The number of anilines is 1. The van der Waals surface area contributed by atoms with E-state index in [0.717, 1.165) is 29.7 Å². The predicted molar refractivity (Wildman–Crippen MR) is 141 cm³/mol. The topological polar surface area (TPSA) is 106 Å². The van der Waals surface area contributed by atoms with Crippen LogP contribution in [0.25, 0.3) is 5.76 Å². The largest absolute Gasteiger partial charge is 0.507 e. The number of unbranched alkanes of at least 4 members (excludes halogenated alkanes) is 1. The number of amides is 1. The van der Waals surface area contributed by atoms with Gasteiger partial charge in [0.15, 0.2) is 5.13 Å². The Morgan fingerprint density at radius 2 is 1.76 bits per heavy atom. The summed E-state index contributed by atoms with van der Waals surface area (Å²) in [5.41, 5.74) is 2.33. The van der Waals surface area contributed by atoms with Crippen molar-refractivity contribution in [2.24, 2.45) is 0 Å². The summed E-state index contributed by atoms with van der Waals surface area (Å²) in [6, 6.07) is 13.1. The summed E-state index contributed by atoms with van der Waals surface area (Å²) < 4.78 is 10.5. The van der Waals surface area contributed by atoms with Crippen molar-refractivity contribution < 1.29 is 29.0 Å². The smallest absolute Gasteiger partial charge is 0.350 e. The number of carbonyl (C=O) groups is 3. The van der Waals surface area contributed by atoms with E-state index < -0.39 is 23.7 Å². The van der Waals surface area contributed by atoms with Crippen molar-refractivity contribution in [3.8, 4) is 5.75 Å². The number of benzene rings is 2. The lowest BCUT2D eigenvalue weighted by molar-refractivity contribution is -0.132. The van der Waals surface area contributed by atoms with Gasteiger partial charge in [0.05, 0.1) is 31.0 Å². The van der Waals surface area contributed by atoms with Gasteiger partial charge in [-0.05, 0) is 50.1 Å². The molecule has 3 aromatic rings. The van der Waals surface area contributed by atoms with E-state index in [-0.39, 0.29) is 21.3 Å². The van der Waals surface area contributed by atoms with Crippen molar-refractivity contribution >= 4 is 39.9 Å². The maximum atomic E-state index is 13.3. The molecule has 1 atom stereocenters. The van der Waals surface area contributed by atoms with Crippen LogP contribution in [0.15, 0.2) is 54.1 Å². The molecule has 4 rings (SSSR count). The Bertz CT molecular complexity index is 1360. The summed E-state index contributed by atoms with van der Waals surface area (Å²) >= 11 is 0.964. The van der Waals surface area contributed by atoms with Crippen molar-refractivity contribution in [2.75, 3.05) is 18.6 Å². The maximum Gasteiger partial charge on any atom is 0.350 e. The van der Waals surface area contributed by atoms with E-state index >= 15 is 0 Å². The van der Waals surface area contributed by atoms with Gasteiger partial charge in [-0.2, -0.15) is 0 Å². The van der Waals surface area contributed by atoms with Gasteiger partial charge in [0.1, 0.15) is 16.4 Å². The lowest BCUT2D eigenvalue weighted by Crippen LogP contribution is -2.29. The number of Topliss-reactive ketones (excluding diaryl/α,β-unsaturated/α-hetero) is 1. The Kier molecular flexibility index (Phi) is 7.73. The monoisotopic (exact) mass is 520 g/mol. The van der Waals surface area contributed by atoms with Gasteiger partial charge in [-0.3, -0.25) is 14.5 Å². The standard InChI is InChI=1S/C28H28N2O6S/c1-5-6-15-36-20-13-11-19(12-14-20)23(31)21-22(18-9-7-16(2)8-10-18)30(26(33)24(21)32)28-29-17(3)25(37-28)27(34)35-4/h7-14,22,31H,5-6,15H2,1-4H3/b23-21-. The minimum absolute atomic E-state index is 0.0547. The van der Waals surface area contributed by atoms with Gasteiger partial charge in [-0.15, -0.1) is 0 Å². The highest BCUT2D eigenvalue weighted by atomic mass is 32.1. The molecule has 1 aromatic heterocycles. The van der Waals surface area contributed by atoms with Crippen LogP contribution >= 0.6 is 11.3 Å². The van der Waals surface area contributed by atoms with Crippen molar-refractivity contribution in [1.82, 2.24) is 4.98 Å². The minimum Gasteiger partial charge on any atom is -0.507 e. The molecule has 1 saturated heterocycles. The maximum absolute atomic E-state index is 13.3. The first-order valence-corrected chi connectivity index (χ1v) is 12.7. The molecule has 2 heterocycles. The molecule has 192 valence electrons. The number of ketones is 1. The van der Waals surface area contributed by atoms with Crippen LogP contribution in [0, 0.1) is 13.8 Å². The van der Waals surface area contributed by atoms with Gasteiger partial charge in [0.2, 0.25) is 0 Å². The molecule has 0 saturated carbocycles. The average Bonchev–Trinajstić information content (AvgIpc) is 3.40. The fourth-order valence-corrected chi connectivity index (χ4v) is 5.07. The molecule has 1 amide bonds. The lowest BCUT2D eigenvalue weighted by Gasteiger charge is -2.23. The summed E-state index contributed by atoms with van der Waals surface area (Å²) in [6.07, 6.45) is 1.94. The quantitative estimate of drug-likeness (QED) is 0.140. The van der Waals surface area contributed by atoms with Crippen LogP contribution in [-0.2, 0) is 14.3 Å². The minimum atomic E-state index is -0.933. The molecule has 37 heavy (non-hydrogen) atoms. The van der Waals surface area contributed by atoms with Crippen LogP contribution in [0.1, 0.15) is 57.9 Å². The Hall–Kier alpha value is -3.98. The Morgan fingerprint density at radius 3 is 2.38 bits per heavy atom. The normalized spacial score (nSPS) is 16.8. The molecule has 0 spiro atoms. The van der Waals surface area contributed by atoms with Crippen molar-refractivity contribution in [2.45, 2.75) is 39.7 Å². The molecule has 9 heteroatoms. The van der Waals surface area contributed by atoms with E-state index in [2.05, 4.69) is 11.9 Å². The van der Waals surface area contributed by atoms with Gasteiger partial charge in [-0.25, -0.2) is 9.78 Å². The van der Waals surface area contributed by atoms with E-state index in [1.807, 2.05) is 19.1 Å². The summed E-state index contributed by atoms with van der Waals surface area (Å²) in [5.74, 6) is -1.90. The first-order chi connectivity index (χ1) is 17.8. The number of aliphatic hydroxyl groups is 1. The number of ether oxygens (including phenoxy) is 2. The number of nitrogens with zero attached hydrogens (tertiary/aromatic N) is 2. The number of rotatable bonds is 8. The van der Waals surface area contributed by atoms with E-state index in [0.29, 0.717) is 29.2 Å². The van der Waals surface area contributed by atoms with Crippen LogP contribution in [0.2, 0.25) is 0 Å². The fourth-order valence-electron chi connectivity index (χ4n) is 4.06. The Morgan fingerprint density at radius 1 is 1.08 bits per heavy atom. The summed E-state index contributed by atoms with van der Waals surface area (Å²) in [7, 11) is 1.26. The van der Waals surface area contributed by atoms with E-state index in [1.54, 1.807) is 43.3 Å². The van der Waals surface area contributed by atoms with Crippen LogP contribution in [0.5, 0.6) is 5.75 Å². The number of hydrogen-bond acceptors (Lipinski definition) is 8. The Balaban J connectivity index is 1.81. The van der Waals surface area contributed by atoms with Crippen LogP contribution in [0.3, 0.4) is 0 Å². The first-order valence-electron chi connectivity index (χ1n) is 11.9. The van der Waals surface area contributed by atoms with E-state index in [9.17, 15) is 19.5 Å². The molecule has 8 nitrogen and oxygen atoms in total. The Labute approximate surface area is 219 Å². The van der Waals surface area contributed by atoms with Gasteiger partial charge in [-0.1, -0.05) is 54.5 Å². The zero-order valence-corrected chi connectivity index (χ0v) is 21.9. The molecule has 1 aliphatic rings. The zero-order valence-electron chi connectivity index (χ0n) is 21.1. The van der Waals surface area contributed by atoms with E-state index in [4.69, 9.17) is 9.47 Å². The molecule has 1 unspecified atom stereocenters. The molecule has 2 aromatic carbocycles. The van der Waals surface area contributed by atoms with E-state index in [1.165, 1.54) is 12.0 Å². The number of aromatic nitrogens is 1. The van der Waals surface area contributed by atoms with Gasteiger partial charge in [0, 0.05) is 5.56 Å². The zero-order chi connectivity index (χ0) is 26.7. The first kappa shape index (κ1) is 26.1. The fraction of sp³-hybridized carbons (Fsp3) is 0.286. The summed E-state index contributed by atoms with van der Waals surface area (Å²) in [5, 5.41) is 11.5. The number of thiazole rings is 1. The number of hydrogen-bond donors (Lipinski definition) is 1. The number of methoxy groups -OCH3 is 1. The lowest BCUT2D eigenvalue weighted by atomic mass is 9.95. The molecule has 0 aliphatic carbocycles. The molecule has 0 bridgehead atoms. The van der Waals surface area contributed by atoms with Crippen molar-refractivity contribution in [3.63, 3.8) is 0 Å². The SMILES string of the molecule is CCCCOc1ccc(/C(O)=C2/C(=O)C(=O)N(c3nc(C)c(C(=O)OC)s3)C2c2ccc(C)cc2)cc1. The number of esters is 1. The third kappa shape index (κ3) is 5.13. The second-order valence-corrected chi connectivity index (χ2v) is 9.69. The van der Waals surface area contributed by atoms with Crippen LogP contribution < -0.4 is 9.64 Å². The number of aryl methyl sites for hydroxylation is 2. The highest BCUT2D eigenvalue weighted by Crippen LogP contribution is 2.44. The molecular weight excluding hydrogens is 492 g/mol. The second-order valence-electron chi connectivity index (χ2n) is 8.71. The predicted octanol–water partition coefficient (Wildman–Crippen LogP) is 5.35. The molecule has 1 aliphatic heterocycles. The third-order valence-electron chi connectivity index (χ3n) is 6.09. The molecule has 1 fully saturated rings. The summed E-state index contributed by atoms with van der Waals surface area (Å²) in [4.78, 5) is 44.7. The third-order valence-corrected chi connectivity index (χ3v) is 7.23. The van der Waals surface area contributed by atoms with Crippen LogP contribution in [0.4, 0.5) is 5.13 Å². The van der Waals surface area contributed by atoms with Crippen molar-refractivity contribution in [1.29, 1.82) is 0 Å². The summed E-state index contributed by atoms with van der Waals surface area (Å²) in [6.45, 7) is 6.22.